The highest BCUT2D eigenvalue weighted by Gasteiger charge is 2.61. The zero-order chi connectivity index (χ0) is 8.51. The molecule has 3 aliphatic rings. The molecule has 3 rings (SSSR count). The van der Waals surface area contributed by atoms with E-state index in [-0.39, 0.29) is 0 Å². The van der Waals surface area contributed by atoms with Gasteiger partial charge in [0.25, 0.3) is 0 Å². The second-order valence-electron chi connectivity index (χ2n) is 5.69. The number of hydrogen-bond donors (Lipinski definition) is 0. The van der Waals surface area contributed by atoms with Crippen molar-refractivity contribution in [3.8, 4) is 0 Å². The molecule has 1 heterocycles. The molecule has 1 aliphatic heterocycles. The van der Waals surface area contributed by atoms with Crippen LogP contribution in [0.1, 0.15) is 26.7 Å². The predicted molar refractivity (Wildman–Crippen MR) is 49.9 cm³/mol. The Kier molecular flexibility index (Phi) is 1.16. The van der Waals surface area contributed by atoms with Crippen molar-refractivity contribution in [2.24, 2.45) is 23.2 Å². The fourth-order valence-corrected chi connectivity index (χ4v) is 4.33. The van der Waals surface area contributed by atoms with Crippen molar-refractivity contribution < 1.29 is 0 Å². The zero-order valence-electron chi connectivity index (χ0n) is 8.38. The smallest absolute Gasteiger partial charge is 0.0129 e. The molecule has 1 saturated heterocycles. The topological polar surface area (TPSA) is 3.24 Å². The maximum atomic E-state index is 2.62. The van der Waals surface area contributed by atoms with Crippen molar-refractivity contribution in [3.63, 3.8) is 0 Å². The molecule has 0 radical (unpaired) electrons. The molecule has 0 amide bonds. The van der Waals surface area contributed by atoms with E-state index in [1.54, 1.807) is 0 Å². The molecule has 5 unspecified atom stereocenters. The largest absolute Gasteiger partial charge is 0.303 e. The maximum absolute atomic E-state index is 2.62. The van der Waals surface area contributed by atoms with Crippen LogP contribution in [-0.4, -0.2) is 24.5 Å². The summed E-state index contributed by atoms with van der Waals surface area (Å²) in [7, 11) is 2.32. The molecule has 68 valence electrons. The summed E-state index contributed by atoms with van der Waals surface area (Å²) in [6, 6.07) is 0.955. The number of rotatable bonds is 0. The van der Waals surface area contributed by atoms with Crippen molar-refractivity contribution in [2.45, 2.75) is 32.7 Å². The second-order valence-corrected chi connectivity index (χ2v) is 5.69. The Balaban J connectivity index is 2.02. The van der Waals surface area contributed by atoms with Gasteiger partial charge < -0.3 is 4.90 Å². The molecule has 0 aromatic carbocycles. The predicted octanol–water partition coefficient (Wildman–Crippen LogP) is 1.98. The van der Waals surface area contributed by atoms with E-state index < -0.39 is 0 Å². The molecule has 3 fully saturated rings. The van der Waals surface area contributed by atoms with Gasteiger partial charge in [-0.1, -0.05) is 13.8 Å². The van der Waals surface area contributed by atoms with Crippen LogP contribution < -0.4 is 0 Å². The van der Waals surface area contributed by atoms with Gasteiger partial charge in [0.05, 0.1) is 0 Å². The van der Waals surface area contributed by atoms with Crippen LogP contribution in [0, 0.1) is 23.2 Å². The van der Waals surface area contributed by atoms with E-state index in [0.717, 1.165) is 23.8 Å². The lowest BCUT2D eigenvalue weighted by Gasteiger charge is -2.32. The Hall–Kier alpha value is -0.0400. The summed E-state index contributed by atoms with van der Waals surface area (Å²) in [5.41, 5.74) is 0.713. The van der Waals surface area contributed by atoms with Crippen molar-refractivity contribution in [2.75, 3.05) is 13.6 Å². The minimum atomic E-state index is 0.713. The molecule has 0 aromatic heterocycles. The van der Waals surface area contributed by atoms with Crippen molar-refractivity contribution in [3.05, 3.63) is 0 Å². The Morgan fingerprint density at radius 3 is 2.58 bits per heavy atom. The van der Waals surface area contributed by atoms with Crippen molar-refractivity contribution in [1.29, 1.82) is 0 Å². The highest BCUT2D eigenvalue weighted by molar-refractivity contribution is 5.13. The third kappa shape index (κ3) is 0.618. The van der Waals surface area contributed by atoms with E-state index in [0.29, 0.717) is 5.41 Å². The van der Waals surface area contributed by atoms with Crippen LogP contribution in [0.2, 0.25) is 0 Å². The lowest BCUT2D eigenvalue weighted by Crippen LogP contribution is -2.30. The van der Waals surface area contributed by atoms with Crippen LogP contribution in [0.25, 0.3) is 0 Å². The molecule has 0 aromatic rings. The fourth-order valence-electron chi connectivity index (χ4n) is 4.33. The second kappa shape index (κ2) is 1.89. The Bertz CT molecular complexity index is 223. The standard InChI is InChI=1S/C11H19N/c1-7-9-6-12(3)10-5-11(7,2)4-8(9)10/h7-10H,4-6H2,1-3H3. The van der Waals surface area contributed by atoms with Crippen LogP contribution >= 0.6 is 0 Å². The number of fused-ring (bicyclic) bond motifs is 1. The number of likely N-dealkylation sites (tertiary alicyclic amines) is 1. The van der Waals surface area contributed by atoms with Gasteiger partial charge in [-0.2, -0.15) is 0 Å². The lowest BCUT2D eigenvalue weighted by molar-refractivity contribution is 0.180. The molecule has 0 spiro atoms. The summed E-state index contributed by atoms with van der Waals surface area (Å²) in [6.45, 7) is 6.38. The van der Waals surface area contributed by atoms with Crippen LogP contribution in [0.5, 0.6) is 0 Å². The van der Waals surface area contributed by atoms with E-state index in [9.17, 15) is 0 Å². The van der Waals surface area contributed by atoms with E-state index in [1.165, 1.54) is 19.4 Å². The summed E-state index contributed by atoms with van der Waals surface area (Å²) < 4.78 is 0. The monoisotopic (exact) mass is 165 g/mol. The summed E-state index contributed by atoms with van der Waals surface area (Å²) in [5, 5.41) is 0. The molecular weight excluding hydrogens is 146 g/mol. The molecule has 2 saturated carbocycles. The molecule has 2 aliphatic carbocycles. The van der Waals surface area contributed by atoms with Crippen molar-refractivity contribution in [1.82, 2.24) is 4.90 Å². The third-order valence-corrected chi connectivity index (χ3v) is 5.23. The first kappa shape index (κ1) is 7.37. The van der Waals surface area contributed by atoms with Gasteiger partial charge in [0, 0.05) is 12.6 Å². The van der Waals surface area contributed by atoms with E-state index in [2.05, 4.69) is 25.8 Å². The molecule has 1 heteroatoms. The van der Waals surface area contributed by atoms with Gasteiger partial charge in [0.2, 0.25) is 0 Å². The minimum absolute atomic E-state index is 0.713. The first-order valence-electron chi connectivity index (χ1n) is 5.32. The van der Waals surface area contributed by atoms with Crippen LogP contribution in [0.15, 0.2) is 0 Å². The fraction of sp³-hybridized carbons (Fsp3) is 1.00. The Morgan fingerprint density at radius 1 is 1.25 bits per heavy atom. The van der Waals surface area contributed by atoms with Gasteiger partial charge in [-0.25, -0.2) is 0 Å². The van der Waals surface area contributed by atoms with Crippen molar-refractivity contribution >= 4 is 0 Å². The average molecular weight is 165 g/mol. The van der Waals surface area contributed by atoms with Gasteiger partial charge in [0.15, 0.2) is 0 Å². The molecular formula is C11H19N. The highest BCUT2D eigenvalue weighted by Crippen LogP contribution is 2.64. The number of hydrogen-bond acceptors (Lipinski definition) is 1. The summed E-state index contributed by atoms with van der Waals surface area (Å²) in [6.07, 6.45) is 3.00. The quantitative estimate of drug-likeness (QED) is 0.530. The number of nitrogens with zero attached hydrogens (tertiary/aromatic N) is 1. The summed E-state index contributed by atoms with van der Waals surface area (Å²) >= 11 is 0. The SMILES string of the molecule is CC1C2CN(C)C3CC1(C)CC23. The van der Waals surface area contributed by atoms with Gasteiger partial charge in [-0.05, 0) is 43.1 Å². The Morgan fingerprint density at radius 2 is 2.00 bits per heavy atom. The lowest BCUT2D eigenvalue weighted by atomic mass is 9.73. The minimum Gasteiger partial charge on any atom is -0.303 e. The highest BCUT2D eigenvalue weighted by atomic mass is 15.2. The normalized spacial score (nSPS) is 63.2. The summed E-state index contributed by atoms with van der Waals surface area (Å²) in [5.74, 6) is 3.09. The maximum Gasteiger partial charge on any atom is 0.0129 e. The van der Waals surface area contributed by atoms with Crippen LogP contribution in [-0.2, 0) is 0 Å². The molecule has 2 bridgehead atoms. The molecule has 5 atom stereocenters. The molecule has 12 heavy (non-hydrogen) atoms. The van der Waals surface area contributed by atoms with Gasteiger partial charge in [-0.15, -0.1) is 0 Å². The van der Waals surface area contributed by atoms with E-state index in [1.807, 2.05) is 0 Å². The third-order valence-electron chi connectivity index (χ3n) is 5.23. The first-order chi connectivity index (χ1) is 5.62. The van der Waals surface area contributed by atoms with Crippen LogP contribution in [0.4, 0.5) is 0 Å². The van der Waals surface area contributed by atoms with Crippen LogP contribution in [0.3, 0.4) is 0 Å². The first-order valence-corrected chi connectivity index (χ1v) is 5.32. The summed E-state index contributed by atoms with van der Waals surface area (Å²) in [4.78, 5) is 2.62. The average Bonchev–Trinajstić information content (AvgIpc) is 2.52. The van der Waals surface area contributed by atoms with E-state index >= 15 is 0 Å². The van der Waals surface area contributed by atoms with E-state index in [4.69, 9.17) is 0 Å². The van der Waals surface area contributed by atoms with Gasteiger partial charge in [0.1, 0.15) is 0 Å². The molecule has 1 nitrogen and oxygen atoms in total. The zero-order valence-corrected chi connectivity index (χ0v) is 8.38. The Labute approximate surface area is 75.1 Å². The molecule has 0 N–H and O–H groups in total. The van der Waals surface area contributed by atoms with Gasteiger partial charge in [-0.3, -0.25) is 0 Å². The van der Waals surface area contributed by atoms with Gasteiger partial charge >= 0.3 is 0 Å².